The summed E-state index contributed by atoms with van der Waals surface area (Å²) in [4.78, 5) is 27.6. The van der Waals surface area contributed by atoms with Crippen molar-refractivity contribution in [3.63, 3.8) is 0 Å². The minimum absolute atomic E-state index is 0.170. The molecule has 134 valence electrons. The SMILES string of the molecule is CCC1NC(=O)CC12CCN(C1CC3CCC(C1)N3C(=O)O)CC2. The van der Waals surface area contributed by atoms with Gasteiger partial charge in [0.2, 0.25) is 5.91 Å². The second-order valence-electron chi connectivity index (χ2n) is 8.30. The molecule has 0 radical (unpaired) electrons. The molecule has 3 unspecified atom stereocenters. The molecule has 6 heteroatoms. The first kappa shape index (κ1) is 16.2. The van der Waals surface area contributed by atoms with Gasteiger partial charge in [-0.05, 0) is 58.0 Å². The zero-order chi connectivity index (χ0) is 16.9. The van der Waals surface area contributed by atoms with E-state index < -0.39 is 6.09 Å². The minimum atomic E-state index is -0.736. The first-order valence-corrected chi connectivity index (χ1v) is 9.57. The van der Waals surface area contributed by atoms with Crippen LogP contribution in [0.4, 0.5) is 4.79 Å². The summed E-state index contributed by atoms with van der Waals surface area (Å²) in [5, 5.41) is 12.6. The zero-order valence-electron chi connectivity index (χ0n) is 14.5. The second-order valence-corrected chi connectivity index (χ2v) is 8.30. The minimum Gasteiger partial charge on any atom is -0.465 e. The van der Waals surface area contributed by atoms with Gasteiger partial charge in [-0.2, -0.15) is 0 Å². The summed E-state index contributed by atoms with van der Waals surface area (Å²) in [6.07, 6.45) is 7.21. The lowest BCUT2D eigenvalue weighted by atomic mass is 9.71. The van der Waals surface area contributed by atoms with Crippen molar-refractivity contribution in [3.05, 3.63) is 0 Å². The van der Waals surface area contributed by atoms with Crippen molar-refractivity contribution in [1.82, 2.24) is 15.1 Å². The molecular formula is C18H29N3O3. The van der Waals surface area contributed by atoms with Gasteiger partial charge in [0.1, 0.15) is 0 Å². The fraction of sp³-hybridized carbons (Fsp3) is 0.889. The van der Waals surface area contributed by atoms with Crippen LogP contribution in [0.3, 0.4) is 0 Å². The molecule has 0 aromatic heterocycles. The molecule has 2 N–H and O–H groups in total. The number of amides is 2. The van der Waals surface area contributed by atoms with Crippen LogP contribution in [-0.2, 0) is 4.79 Å². The lowest BCUT2D eigenvalue weighted by Crippen LogP contribution is -2.55. The van der Waals surface area contributed by atoms with Gasteiger partial charge in [0.25, 0.3) is 0 Å². The van der Waals surface area contributed by atoms with Crippen LogP contribution in [0.15, 0.2) is 0 Å². The van der Waals surface area contributed by atoms with Crippen molar-refractivity contribution < 1.29 is 14.7 Å². The van der Waals surface area contributed by atoms with Crippen LogP contribution in [0.5, 0.6) is 0 Å². The standard InChI is InChI=1S/C18H29N3O3/c1-2-15-18(11-16(22)19-15)5-7-20(8-6-18)14-9-12-3-4-13(10-14)21(12)17(23)24/h12-15H,2-11H2,1H3,(H,19,22)(H,23,24). The van der Waals surface area contributed by atoms with E-state index in [0.29, 0.717) is 18.5 Å². The third kappa shape index (κ3) is 2.50. The van der Waals surface area contributed by atoms with E-state index in [2.05, 4.69) is 17.1 Å². The summed E-state index contributed by atoms with van der Waals surface area (Å²) in [6.45, 7) is 4.29. The van der Waals surface area contributed by atoms with Crippen LogP contribution < -0.4 is 5.32 Å². The summed E-state index contributed by atoms with van der Waals surface area (Å²) in [5.74, 6) is 0.225. The predicted molar refractivity (Wildman–Crippen MR) is 89.8 cm³/mol. The number of fused-ring (bicyclic) bond motifs is 2. The molecule has 3 atom stereocenters. The number of likely N-dealkylation sites (tertiary alicyclic amines) is 1. The molecule has 1 spiro atoms. The van der Waals surface area contributed by atoms with Crippen LogP contribution in [-0.4, -0.2) is 64.2 Å². The van der Waals surface area contributed by atoms with Crippen molar-refractivity contribution in [2.75, 3.05) is 13.1 Å². The summed E-state index contributed by atoms with van der Waals surface area (Å²) in [6, 6.07) is 1.32. The monoisotopic (exact) mass is 335 g/mol. The average molecular weight is 335 g/mol. The highest BCUT2D eigenvalue weighted by molar-refractivity contribution is 5.80. The van der Waals surface area contributed by atoms with Crippen LogP contribution in [0.1, 0.15) is 58.3 Å². The third-order valence-electron chi connectivity index (χ3n) is 7.23. The third-order valence-corrected chi connectivity index (χ3v) is 7.23. The maximum absolute atomic E-state index is 11.9. The smallest absolute Gasteiger partial charge is 0.407 e. The van der Waals surface area contributed by atoms with Crippen LogP contribution >= 0.6 is 0 Å². The lowest BCUT2D eigenvalue weighted by molar-refractivity contribution is -0.120. The van der Waals surface area contributed by atoms with Gasteiger partial charge in [-0.3, -0.25) is 4.79 Å². The van der Waals surface area contributed by atoms with Gasteiger partial charge in [0.05, 0.1) is 0 Å². The fourth-order valence-electron chi connectivity index (χ4n) is 5.99. The highest BCUT2D eigenvalue weighted by Crippen LogP contribution is 2.45. The van der Waals surface area contributed by atoms with E-state index in [4.69, 9.17) is 0 Å². The summed E-state index contributed by atoms with van der Waals surface area (Å²) in [7, 11) is 0. The number of carboxylic acid groups (broad SMARTS) is 1. The van der Waals surface area contributed by atoms with Crippen molar-refractivity contribution in [2.24, 2.45) is 5.41 Å². The summed E-state index contributed by atoms with van der Waals surface area (Å²) in [5.41, 5.74) is 0.170. The van der Waals surface area contributed by atoms with E-state index in [1.165, 1.54) is 0 Å². The molecule has 4 fully saturated rings. The number of nitrogens with one attached hydrogen (secondary N) is 1. The van der Waals surface area contributed by atoms with Crippen LogP contribution in [0.2, 0.25) is 0 Å². The maximum Gasteiger partial charge on any atom is 0.407 e. The Labute approximate surface area is 143 Å². The average Bonchev–Trinajstić information content (AvgIpc) is 3.01. The molecule has 4 rings (SSSR count). The van der Waals surface area contributed by atoms with Crippen molar-refractivity contribution >= 4 is 12.0 Å². The number of hydrogen-bond acceptors (Lipinski definition) is 3. The molecule has 24 heavy (non-hydrogen) atoms. The van der Waals surface area contributed by atoms with Gasteiger partial charge in [0.15, 0.2) is 0 Å². The van der Waals surface area contributed by atoms with E-state index in [1.807, 2.05) is 0 Å². The number of rotatable bonds is 2. The molecule has 6 nitrogen and oxygen atoms in total. The first-order chi connectivity index (χ1) is 11.5. The van der Waals surface area contributed by atoms with Gasteiger partial charge in [-0.15, -0.1) is 0 Å². The van der Waals surface area contributed by atoms with Crippen molar-refractivity contribution in [2.45, 2.75) is 82.5 Å². The van der Waals surface area contributed by atoms with Gasteiger partial charge >= 0.3 is 6.09 Å². The van der Waals surface area contributed by atoms with Gasteiger partial charge < -0.3 is 20.2 Å². The van der Waals surface area contributed by atoms with Gasteiger partial charge in [0, 0.05) is 36.0 Å². The number of carbonyl (C=O) groups excluding carboxylic acids is 1. The van der Waals surface area contributed by atoms with Gasteiger partial charge in [-0.1, -0.05) is 6.92 Å². The second kappa shape index (κ2) is 5.90. The Kier molecular flexibility index (Phi) is 3.98. The fourth-order valence-corrected chi connectivity index (χ4v) is 5.99. The largest absolute Gasteiger partial charge is 0.465 e. The molecule has 2 bridgehead atoms. The van der Waals surface area contributed by atoms with E-state index in [1.54, 1.807) is 4.90 Å². The Balaban J connectivity index is 1.39. The molecular weight excluding hydrogens is 306 g/mol. The molecule has 0 aromatic carbocycles. The highest BCUT2D eigenvalue weighted by atomic mass is 16.4. The maximum atomic E-state index is 11.9. The molecule has 2 amide bonds. The normalized spacial score (nSPS) is 38.5. The molecule has 4 heterocycles. The summed E-state index contributed by atoms with van der Waals surface area (Å²) >= 11 is 0. The number of carbonyl (C=O) groups is 2. The first-order valence-electron chi connectivity index (χ1n) is 9.57. The van der Waals surface area contributed by atoms with E-state index in [9.17, 15) is 14.7 Å². The molecule has 4 aliphatic heterocycles. The lowest BCUT2D eigenvalue weighted by Gasteiger charge is -2.47. The number of hydrogen-bond donors (Lipinski definition) is 2. The quantitative estimate of drug-likeness (QED) is 0.810. The molecule has 4 saturated heterocycles. The molecule has 0 aliphatic carbocycles. The predicted octanol–water partition coefficient (Wildman–Crippen LogP) is 2.04. The Morgan fingerprint density at radius 3 is 2.38 bits per heavy atom. The van der Waals surface area contributed by atoms with Crippen LogP contribution in [0.25, 0.3) is 0 Å². The topological polar surface area (TPSA) is 72.9 Å². The zero-order valence-corrected chi connectivity index (χ0v) is 14.5. The Bertz CT molecular complexity index is 516. The molecule has 0 saturated carbocycles. The number of nitrogens with zero attached hydrogens (tertiary/aromatic N) is 2. The van der Waals surface area contributed by atoms with E-state index in [-0.39, 0.29) is 23.4 Å². The number of piperidine rings is 2. The van der Waals surface area contributed by atoms with Crippen LogP contribution in [0, 0.1) is 5.41 Å². The Morgan fingerprint density at radius 1 is 1.21 bits per heavy atom. The Morgan fingerprint density at radius 2 is 1.83 bits per heavy atom. The van der Waals surface area contributed by atoms with Crippen molar-refractivity contribution in [3.8, 4) is 0 Å². The molecule has 0 aromatic rings. The van der Waals surface area contributed by atoms with Gasteiger partial charge in [-0.25, -0.2) is 4.79 Å². The van der Waals surface area contributed by atoms with Crippen molar-refractivity contribution in [1.29, 1.82) is 0 Å². The Hall–Kier alpha value is -1.30. The molecule has 4 aliphatic rings. The van der Waals surface area contributed by atoms with E-state index >= 15 is 0 Å². The highest BCUT2D eigenvalue weighted by Gasteiger charge is 2.50. The summed E-state index contributed by atoms with van der Waals surface area (Å²) < 4.78 is 0. The van der Waals surface area contributed by atoms with E-state index in [0.717, 1.165) is 58.0 Å².